The maximum atomic E-state index is 12.8. The van der Waals surface area contributed by atoms with Gasteiger partial charge in [-0.05, 0) is 49.9 Å². The fraction of sp³-hybridized carbons (Fsp3) is 0.500. The third-order valence-corrected chi connectivity index (χ3v) is 4.97. The number of piperazine rings is 1. The zero-order chi connectivity index (χ0) is 16.1. The molecule has 1 saturated carbocycles. The number of benzene rings is 1. The lowest BCUT2D eigenvalue weighted by molar-refractivity contribution is -0.150. The predicted molar refractivity (Wildman–Crippen MR) is 86.1 cm³/mol. The number of halogens is 2. The molecule has 1 aliphatic carbocycles. The van der Waals surface area contributed by atoms with Gasteiger partial charge in [-0.15, -0.1) is 0 Å². The number of carbonyl (C=O) groups is 2. The van der Waals surface area contributed by atoms with E-state index < -0.39 is 5.54 Å². The second kappa shape index (κ2) is 5.43. The predicted octanol–water partition coefficient (Wildman–Crippen LogP) is 2.83. The molecule has 2 fully saturated rings. The highest BCUT2D eigenvalue weighted by Crippen LogP contribution is 2.50. The van der Waals surface area contributed by atoms with E-state index in [1.54, 1.807) is 24.8 Å². The van der Waals surface area contributed by atoms with Gasteiger partial charge in [-0.3, -0.25) is 9.59 Å². The Balaban J connectivity index is 1.76. The van der Waals surface area contributed by atoms with E-state index in [0.29, 0.717) is 23.1 Å². The quantitative estimate of drug-likeness (QED) is 0.899. The highest BCUT2D eigenvalue weighted by Gasteiger charge is 2.50. The molecule has 0 bridgehead atoms. The molecule has 2 aliphatic rings. The molecule has 4 nitrogen and oxygen atoms in total. The number of nitrogens with one attached hydrogen (secondary N) is 1. The van der Waals surface area contributed by atoms with Gasteiger partial charge in [-0.1, -0.05) is 23.2 Å². The van der Waals surface area contributed by atoms with Gasteiger partial charge in [0.2, 0.25) is 11.8 Å². The molecule has 2 atom stereocenters. The number of amides is 2. The summed E-state index contributed by atoms with van der Waals surface area (Å²) in [6.07, 6.45) is 0.781. The summed E-state index contributed by atoms with van der Waals surface area (Å²) in [6, 6.07) is 5.41. The molecule has 0 spiro atoms. The van der Waals surface area contributed by atoms with Gasteiger partial charge >= 0.3 is 0 Å². The largest absolute Gasteiger partial charge is 0.352 e. The summed E-state index contributed by atoms with van der Waals surface area (Å²) < 4.78 is 0. The third-order valence-electron chi connectivity index (χ3n) is 4.54. The van der Waals surface area contributed by atoms with Crippen LogP contribution in [0.4, 0.5) is 0 Å². The van der Waals surface area contributed by atoms with Gasteiger partial charge in [0, 0.05) is 29.1 Å². The molecule has 6 heteroatoms. The highest BCUT2D eigenvalue weighted by atomic mass is 35.5. The SMILES string of the molecule is CC1(C)C(=O)NCCN1C(=O)[C@H]1C[C@@H]1c1cc(Cl)cc(Cl)c1. The molecule has 22 heavy (non-hydrogen) atoms. The van der Waals surface area contributed by atoms with Crippen molar-refractivity contribution in [2.24, 2.45) is 5.92 Å². The minimum Gasteiger partial charge on any atom is -0.352 e. The van der Waals surface area contributed by atoms with Gasteiger partial charge in [0.1, 0.15) is 5.54 Å². The molecular weight excluding hydrogens is 323 g/mol. The number of hydrogen-bond acceptors (Lipinski definition) is 2. The zero-order valence-corrected chi connectivity index (χ0v) is 14.0. The van der Waals surface area contributed by atoms with Crippen LogP contribution in [-0.4, -0.2) is 35.3 Å². The summed E-state index contributed by atoms with van der Waals surface area (Å²) in [4.78, 5) is 26.4. The van der Waals surface area contributed by atoms with Gasteiger partial charge in [-0.2, -0.15) is 0 Å². The first-order valence-corrected chi connectivity index (χ1v) is 8.12. The molecule has 3 rings (SSSR count). The Bertz CT molecular complexity index is 625. The van der Waals surface area contributed by atoms with Crippen LogP contribution in [-0.2, 0) is 9.59 Å². The highest BCUT2D eigenvalue weighted by molar-refractivity contribution is 6.34. The number of nitrogens with zero attached hydrogens (tertiary/aromatic N) is 1. The Morgan fingerprint density at radius 2 is 1.91 bits per heavy atom. The second-order valence-electron chi connectivity index (χ2n) is 6.46. The summed E-state index contributed by atoms with van der Waals surface area (Å²) >= 11 is 12.1. The lowest BCUT2D eigenvalue weighted by Crippen LogP contribution is -2.63. The molecule has 1 saturated heterocycles. The van der Waals surface area contributed by atoms with Crippen LogP contribution in [0.3, 0.4) is 0 Å². The second-order valence-corrected chi connectivity index (χ2v) is 7.33. The topological polar surface area (TPSA) is 49.4 Å². The van der Waals surface area contributed by atoms with Crippen LogP contribution in [0.2, 0.25) is 10.0 Å². The fourth-order valence-electron chi connectivity index (χ4n) is 3.11. The van der Waals surface area contributed by atoms with Crippen LogP contribution in [0.1, 0.15) is 31.7 Å². The molecule has 118 valence electrons. The molecule has 0 radical (unpaired) electrons. The van der Waals surface area contributed by atoms with Crippen LogP contribution in [0.25, 0.3) is 0 Å². The van der Waals surface area contributed by atoms with Crippen LogP contribution in [0.5, 0.6) is 0 Å². The van der Waals surface area contributed by atoms with Crippen LogP contribution in [0, 0.1) is 5.92 Å². The average Bonchev–Trinajstić information content (AvgIpc) is 3.20. The monoisotopic (exact) mass is 340 g/mol. The van der Waals surface area contributed by atoms with Crippen LogP contribution in [0.15, 0.2) is 18.2 Å². The van der Waals surface area contributed by atoms with E-state index in [4.69, 9.17) is 23.2 Å². The van der Waals surface area contributed by atoms with Crippen molar-refractivity contribution in [3.05, 3.63) is 33.8 Å². The number of rotatable bonds is 2. The summed E-state index contributed by atoms with van der Waals surface area (Å²) in [5.41, 5.74) is 0.198. The molecule has 0 aromatic heterocycles. The van der Waals surface area contributed by atoms with E-state index in [1.165, 1.54) is 0 Å². The van der Waals surface area contributed by atoms with Crippen LogP contribution >= 0.6 is 23.2 Å². The molecular formula is C16H18Cl2N2O2. The summed E-state index contributed by atoms with van der Waals surface area (Å²) in [7, 11) is 0. The fourth-order valence-corrected chi connectivity index (χ4v) is 3.65. The van der Waals surface area contributed by atoms with Gasteiger partial charge in [0.05, 0.1) is 0 Å². The zero-order valence-electron chi connectivity index (χ0n) is 12.5. The first-order chi connectivity index (χ1) is 10.3. The lowest BCUT2D eigenvalue weighted by Gasteiger charge is -2.41. The Labute approximate surface area is 139 Å². The van der Waals surface area contributed by atoms with Crippen LogP contribution < -0.4 is 5.32 Å². The third kappa shape index (κ3) is 2.70. The van der Waals surface area contributed by atoms with Crippen molar-refractivity contribution < 1.29 is 9.59 Å². The van der Waals surface area contributed by atoms with E-state index in [0.717, 1.165) is 12.0 Å². The first-order valence-electron chi connectivity index (χ1n) is 7.36. The van der Waals surface area contributed by atoms with E-state index in [1.807, 2.05) is 12.1 Å². The Hall–Kier alpha value is -1.26. The lowest BCUT2D eigenvalue weighted by atomic mass is 9.97. The van der Waals surface area contributed by atoms with E-state index in [9.17, 15) is 9.59 Å². The molecule has 1 heterocycles. The minimum absolute atomic E-state index is 0.0425. The van der Waals surface area contributed by atoms with Crippen molar-refractivity contribution in [3.8, 4) is 0 Å². The molecule has 1 aliphatic heterocycles. The van der Waals surface area contributed by atoms with Gasteiger partial charge in [0.25, 0.3) is 0 Å². The van der Waals surface area contributed by atoms with Gasteiger partial charge in [-0.25, -0.2) is 0 Å². The maximum Gasteiger partial charge on any atom is 0.245 e. The molecule has 1 N–H and O–H groups in total. The molecule has 1 aromatic carbocycles. The Morgan fingerprint density at radius 3 is 2.55 bits per heavy atom. The van der Waals surface area contributed by atoms with Gasteiger partial charge < -0.3 is 10.2 Å². The average molecular weight is 341 g/mol. The van der Waals surface area contributed by atoms with Crippen molar-refractivity contribution in [1.82, 2.24) is 10.2 Å². The number of hydrogen-bond donors (Lipinski definition) is 1. The number of carbonyl (C=O) groups excluding carboxylic acids is 2. The van der Waals surface area contributed by atoms with Crippen molar-refractivity contribution in [2.75, 3.05) is 13.1 Å². The summed E-state index contributed by atoms with van der Waals surface area (Å²) in [6.45, 7) is 4.63. The molecule has 1 aromatic rings. The normalized spacial score (nSPS) is 26.5. The van der Waals surface area contributed by atoms with Crippen molar-refractivity contribution >= 4 is 35.0 Å². The van der Waals surface area contributed by atoms with Gasteiger partial charge in [0.15, 0.2) is 0 Å². The first kappa shape index (κ1) is 15.6. The van der Waals surface area contributed by atoms with E-state index in [2.05, 4.69) is 5.32 Å². The van der Waals surface area contributed by atoms with E-state index in [-0.39, 0.29) is 23.7 Å². The molecule has 0 unspecified atom stereocenters. The smallest absolute Gasteiger partial charge is 0.245 e. The van der Waals surface area contributed by atoms with Crippen molar-refractivity contribution in [2.45, 2.75) is 31.7 Å². The molecule has 2 amide bonds. The van der Waals surface area contributed by atoms with E-state index >= 15 is 0 Å². The minimum atomic E-state index is -0.797. The Morgan fingerprint density at radius 1 is 1.27 bits per heavy atom. The summed E-state index contributed by atoms with van der Waals surface area (Å²) in [5.74, 6) is 0.000226. The summed E-state index contributed by atoms with van der Waals surface area (Å²) in [5, 5.41) is 3.97. The Kier molecular flexibility index (Phi) is 3.86. The maximum absolute atomic E-state index is 12.8. The standard InChI is InChI=1S/C16H18Cl2N2O2/c1-16(2)15(22)19-3-4-20(16)14(21)13-8-12(13)9-5-10(17)7-11(18)6-9/h5-7,12-13H,3-4,8H2,1-2H3,(H,19,22)/t12-,13+/m1/s1. The van der Waals surface area contributed by atoms with Crippen molar-refractivity contribution in [3.63, 3.8) is 0 Å². The van der Waals surface area contributed by atoms with Crippen molar-refractivity contribution in [1.29, 1.82) is 0 Å².